The van der Waals surface area contributed by atoms with Crippen LogP contribution in [-0.2, 0) is 22.6 Å². The van der Waals surface area contributed by atoms with Crippen LogP contribution in [0.1, 0.15) is 56.6 Å². The number of benzene rings is 2. The molecule has 0 unspecified atom stereocenters. The average molecular weight is 530 g/mol. The molecular formula is C25H28Cl4N2O2. The number of nitrogens with one attached hydrogen (secondary N) is 1. The summed E-state index contributed by atoms with van der Waals surface area (Å²) in [4.78, 5) is 28.4. The minimum absolute atomic E-state index is 0.0500. The summed E-state index contributed by atoms with van der Waals surface area (Å²) in [6, 6.07) is 9.72. The van der Waals surface area contributed by atoms with Gasteiger partial charge in [-0.1, -0.05) is 84.7 Å². The summed E-state index contributed by atoms with van der Waals surface area (Å²) in [5, 5.41) is 5.05. The predicted molar refractivity (Wildman–Crippen MR) is 136 cm³/mol. The third-order valence-electron chi connectivity index (χ3n) is 6.05. The lowest BCUT2D eigenvalue weighted by Gasteiger charge is -2.33. The fourth-order valence-corrected chi connectivity index (χ4v) is 5.17. The normalized spacial score (nSPS) is 15.2. The number of hydrogen-bond acceptors (Lipinski definition) is 2. The molecule has 2 aromatic rings. The highest BCUT2D eigenvalue weighted by atomic mass is 35.5. The molecule has 2 aromatic carbocycles. The maximum absolute atomic E-state index is 13.5. The van der Waals surface area contributed by atoms with Gasteiger partial charge in [-0.05, 0) is 54.7 Å². The van der Waals surface area contributed by atoms with Crippen LogP contribution in [0.3, 0.4) is 0 Å². The molecule has 1 aliphatic rings. The van der Waals surface area contributed by atoms with Crippen molar-refractivity contribution in [2.45, 2.75) is 70.5 Å². The molecule has 178 valence electrons. The molecule has 0 aromatic heterocycles. The van der Waals surface area contributed by atoms with Crippen molar-refractivity contribution in [1.82, 2.24) is 10.2 Å². The number of amides is 2. The molecular weight excluding hydrogens is 502 g/mol. The van der Waals surface area contributed by atoms with Gasteiger partial charge in [-0.25, -0.2) is 0 Å². The molecule has 2 amide bonds. The van der Waals surface area contributed by atoms with E-state index in [1.54, 1.807) is 41.3 Å². The van der Waals surface area contributed by atoms with Crippen molar-refractivity contribution in [2.24, 2.45) is 0 Å². The first-order valence-electron chi connectivity index (χ1n) is 11.3. The standard InChI is InChI=1S/C25H28Cl4N2O2/c1-2-23(25(33)30-20-6-4-3-5-7-20)31(15-17-9-11-19(27)14-22(17)29)24(32)12-16-8-10-18(26)13-21(16)28/h8-11,13-14,20,23H,2-7,12,15H2,1H3,(H,30,33)/t23-/m1/s1. The van der Waals surface area contributed by atoms with E-state index in [9.17, 15) is 9.59 Å². The van der Waals surface area contributed by atoms with E-state index in [-0.39, 0.29) is 30.8 Å². The Bertz CT molecular complexity index is 992. The second-order valence-electron chi connectivity index (χ2n) is 8.44. The van der Waals surface area contributed by atoms with E-state index in [0.717, 1.165) is 31.2 Å². The first-order valence-corrected chi connectivity index (χ1v) is 12.8. The van der Waals surface area contributed by atoms with Crippen LogP contribution in [0.15, 0.2) is 36.4 Å². The summed E-state index contributed by atoms with van der Waals surface area (Å²) in [7, 11) is 0. The molecule has 0 aliphatic heterocycles. The third-order valence-corrected chi connectivity index (χ3v) is 7.22. The molecule has 0 radical (unpaired) electrons. The fourth-order valence-electron chi connectivity index (χ4n) is 4.23. The van der Waals surface area contributed by atoms with Gasteiger partial charge in [-0.2, -0.15) is 0 Å². The van der Waals surface area contributed by atoms with E-state index in [0.29, 0.717) is 32.1 Å². The molecule has 33 heavy (non-hydrogen) atoms. The number of hydrogen-bond donors (Lipinski definition) is 1. The number of rotatable bonds is 8. The van der Waals surface area contributed by atoms with Crippen molar-refractivity contribution in [1.29, 1.82) is 0 Å². The van der Waals surface area contributed by atoms with Gasteiger partial charge in [0.25, 0.3) is 0 Å². The van der Waals surface area contributed by atoms with E-state index in [4.69, 9.17) is 46.4 Å². The van der Waals surface area contributed by atoms with Gasteiger partial charge < -0.3 is 10.2 Å². The zero-order valence-corrected chi connectivity index (χ0v) is 21.6. The van der Waals surface area contributed by atoms with Crippen molar-refractivity contribution >= 4 is 58.2 Å². The Morgan fingerprint density at radius 2 is 1.52 bits per heavy atom. The zero-order chi connectivity index (χ0) is 24.0. The van der Waals surface area contributed by atoms with E-state index in [1.165, 1.54) is 6.42 Å². The lowest BCUT2D eigenvalue weighted by molar-refractivity contribution is -0.141. The van der Waals surface area contributed by atoms with Crippen LogP contribution in [0.4, 0.5) is 0 Å². The molecule has 0 heterocycles. The van der Waals surface area contributed by atoms with Gasteiger partial charge in [0.05, 0.1) is 6.42 Å². The highest BCUT2D eigenvalue weighted by Gasteiger charge is 2.31. The Morgan fingerprint density at radius 3 is 2.06 bits per heavy atom. The molecule has 3 rings (SSSR count). The van der Waals surface area contributed by atoms with E-state index in [2.05, 4.69) is 5.32 Å². The number of halogens is 4. The largest absolute Gasteiger partial charge is 0.352 e. The first kappa shape index (κ1) is 26.2. The molecule has 1 aliphatic carbocycles. The van der Waals surface area contributed by atoms with Gasteiger partial charge in [0.2, 0.25) is 11.8 Å². The number of nitrogens with zero attached hydrogens (tertiary/aromatic N) is 1. The van der Waals surface area contributed by atoms with Crippen molar-refractivity contribution in [3.05, 3.63) is 67.6 Å². The Kier molecular flexibility index (Phi) is 9.75. The molecule has 4 nitrogen and oxygen atoms in total. The minimum Gasteiger partial charge on any atom is -0.352 e. The monoisotopic (exact) mass is 528 g/mol. The fraction of sp³-hybridized carbons (Fsp3) is 0.440. The molecule has 0 saturated heterocycles. The molecule has 1 fully saturated rings. The molecule has 1 saturated carbocycles. The van der Waals surface area contributed by atoms with Crippen LogP contribution in [-0.4, -0.2) is 28.8 Å². The first-order chi connectivity index (χ1) is 15.8. The predicted octanol–water partition coefficient (Wildman–Crippen LogP) is 7.10. The van der Waals surface area contributed by atoms with Crippen molar-refractivity contribution in [2.75, 3.05) is 0 Å². The number of carbonyl (C=O) groups excluding carboxylic acids is 2. The van der Waals surface area contributed by atoms with Crippen LogP contribution in [0.25, 0.3) is 0 Å². The second kappa shape index (κ2) is 12.3. The summed E-state index contributed by atoms with van der Waals surface area (Å²) in [5.41, 5.74) is 1.38. The van der Waals surface area contributed by atoms with Crippen molar-refractivity contribution < 1.29 is 9.59 Å². The van der Waals surface area contributed by atoms with Crippen LogP contribution in [0.2, 0.25) is 20.1 Å². The van der Waals surface area contributed by atoms with Crippen LogP contribution >= 0.6 is 46.4 Å². The third kappa shape index (κ3) is 7.26. The van der Waals surface area contributed by atoms with Crippen molar-refractivity contribution in [3.8, 4) is 0 Å². The number of carbonyl (C=O) groups is 2. The highest BCUT2D eigenvalue weighted by Crippen LogP contribution is 2.26. The topological polar surface area (TPSA) is 49.4 Å². The summed E-state index contributed by atoms with van der Waals surface area (Å²) in [5.74, 6) is -0.346. The van der Waals surface area contributed by atoms with Gasteiger partial charge in [0.15, 0.2) is 0 Å². The Hall–Kier alpha value is -1.46. The highest BCUT2D eigenvalue weighted by molar-refractivity contribution is 6.35. The van der Waals surface area contributed by atoms with E-state index < -0.39 is 6.04 Å². The quantitative estimate of drug-likeness (QED) is 0.396. The van der Waals surface area contributed by atoms with Crippen LogP contribution < -0.4 is 5.32 Å². The Balaban J connectivity index is 1.86. The summed E-state index contributed by atoms with van der Waals surface area (Å²) in [6.07, 6.45) is 5.89. The van der Waals surface area contributed by atoms with E-state index in [1.807, 2.05) is 6.92 Å². The van der Waals surface area contributed by atoms with Crippen molar-refractivity contribution in [3.63, 3.8) is 0 Å². The smallest absolute Gasteiger partial charge is 0.243 e. The minimum atomic E-state index is -0.628. The van der Waals surface area contributed by atoms with E-state index >= 15 is 0 Å². The second-order valence-corrected chi connectivity index (χ2v) is 10.1. The molecule has 0 spiro atoms. The maximum atomic E-state index is 13.5. The van der Waals surface area contributed by atoms with Crippen LogP contribution in [0.5, 0.6) is 0 Å². The van der Waals surface area contributed by atoms with Gasteiger partial charge in [-0.15, -0.1) is 0 Å². The lowest BCUT2D eigenvalue weighted by Crippen LogP contribution is -2.52. The van der Waals surface area contributed by atoms with Gasteiger partial charge >= 0.3 is 0 Å². The molecule has 1 atom stereocenters. The zero-order valence-electron chi connectivity index (χ0n) is 18.6. The van der Waals surface area contributed by atoms with Crippen LogP contribution in [0, 0.1) is 0 Å². The maximum Gasteiger partial charge on any atom is 0.243 e. The molecule has 0 bridgehead atoms. The Morgan fingerprint density at radius 1 is 0.939 bits per heavy atom. The summed E-state index contributed by atoms with van der Waals surface area (Å²) < 4.78 is 0. The molecule has 1 N–H and O–H groups in total. The summed E-state index contributed by atoms with van der Waals surface area (Å²) >= 11 is 24.8. The van der Waals surface area contributed by atoms with Gasteiger partial charge in [0.1, 0.15) is 6.04 Å². The SMILES string of the molecule is CC[C@H](C(=O)NC1CCCCC1)N(Cc1ccc(Cl)cc1Cl)C(=O)Cc1ccc(Cl)cc1Cl. The van der Waals surface area contributed by atoms with Gasteiger partial charge in [-0.3, -0.25) is 9.59 Å². The average Bonchev–Trinajstić information content (AvgIpc) is 2.77. The molecule has 8 heteroatoms. The Labute approximate surface area is 215 Å². The summed E-state index contributed by atoms with van der Waals surface area (Å²) in [6.45, 7) is 2.10. The van der Waals surface area contributed by atoms with Gasteiger partial charge in [0, 0.05) is 32.7 Å². The lowest BCUT2D eigenvalue weighted by atomic mass is 9.95.